The summed E-state index contributed by atoms with van der Waals surface area (Å²) in [7, 11) is 0. The first-order valence-electron chi connectivity index (χ1n) is 5.45. The highest BCUT2D eigenvalue weighted by atomic mass is 79.9. The Kier molecular flexibility index (Phi) is 3.71. The number of nitrogens with zero attached hydrogens (tertiary/aromatic N) is 1. The molecule has 0 saturated heterocycles. The van der Waals surface area contributed by atoms with Crippen molar-refractivity contribution in [1.82, 2.24) is 0 Å². The number of aryl methyl sites for hydroxylation is 1. The van der Waals surface area contributed by atoms with Gasteiger partial charge in [-0.2, -0.15) is 0 Å². The molecule has 0 spiro atoms. The van der Waals surface area contributed by atoms with Crippen LogP contribution in [0, 0.1) is 17.0 Å². The van der Waals surface area contributed by atoms with Crippen LogP contribution in [-0.4, -0.2) is 4.92 Å². The minimum atomic E-state index is -0.496. The summed E-state index contributed by atoms with van der Waals surface area (Å²) in [5, 5.41) is 10.6. The largest absolute Gasteiger partial charge is 0.455 e. The van der Waals surface area contributed by atoms with Crippen molar-refractivity contribution in [2.24, 2.45) is 0 Å². The topological polar surface area (TPSA) is 78.4 Å². The summed E-state index contributed by atoms with van der Waals surface area (Å²) in [6, 6.07) is 9.64. The maximum Gasteiger partial charge on any atom is 0.271 e. The second kappa shape index (κ2) is 5.27. The van der Waals surface area contributed by atoms with E-state index in [0.29, 0.717) is 11.5 Å². The number of nitro groups is 1. The molecule has 19 heavy (non-hydrogen) atoms. The van der Waals surface area contributed by atoms with Gasteiger partial charge in [-0.1, -0.05) is 15.9 Å². The van der Waals surface area contributed by atoms with Gasteiger partial charge in [0.25, 0.3) is 5.69 Å². The second-order valence-electron chi connectivity index (χ2n) is 3.99. The van der Waals surface area contributed by atoms with Crippen LogP contribution in [0.4, 0.5) is 11.4 Å². The lowest BCUT2D eigenvalue weighted by Crippen LogP contribution is -1.95. The van der Waals surface area contributed by atoms with Crippen LogP contribution in [0.3, 0.4) is 0 Å². The zero-order valence-electron chi connectivity index (χ0n) is 10.1. The monoisotopic (exact) mass is 322 g/mol. The molecule has 0 heterocycles. The first-order valence-corrected chi connectivity index (χ1v) is 6.24. The molecule has 0 fully saturated rings. The molecule has 0 aliphatic carbocycles. The van der Waals surface area contributed by atoms with E-state index in [-0.39, 0.29) is 11.4 Å². The normalized spacial score (nSPS) is 10.2. The Hall–Kier alpha value is -2.08. The number of non-ortho nitro benzene ring substituents is 1. The maximum absolute atomic E-state index is 10.6. The predicted molar refractivity (Wildman–Crippen MR) is 76.5 cm³/mol. The molecule has 2 aromatic carbocycles. The lowest BCUT2D eigenvalue weighted by Gasteiger charge is -2.09. The number of rotatable bonds is 3. The summed E-state index contributed by atoms with van der Waals surface area (Å²) in [6.45, 7) is 1.94. The van der Waals surface area contributed by atoms with Crippen molar-refractivity contribution >= 4 is 27.3 Å². The summed E-state index contributed by atoms with van der Waals surface area (Å²) in [4.78, 5) is 10.1. The van der Waals surface area contributed by atoms with E-state index in [9.17, 15) is 10.1 Å². The Morgan fingerprint density at radius 1 is 1.26 bits per heavy atom. The van der Waals surface area contributed by atoms with E-state index in [4.69, 9.17) is 10.5 Å². The van der Waals surface area contributed by atoms with E-state index in [1.165, 1.54) is 18.2 Å². The van der Waals surface area contributed by atoms with Crippen molar-refractivity contribution < 1.29 is 9.66 Å². The highest BCUT2D eigenvalue weighted by molar-refractivity contribution is 9.10. The fraction of sp³-hybridized carbons (Fsp3) is 0.0769. The number of halogens is 1. The zero-order chi connectivity index (χ0) is 14.0. The van der Waals surface area contributed by atoms with Crippen molar-refractivity contribution in [2.75, 3.05) is 5.73 Å². The molecule has 0 unspecified atom stereocenters. The van der Waals surface area contributed by atoms with Crippen molar-refractivity contribution in [3.8, 4) is 11.5 Å². The molecule has 98 valence electrons. The summed E-state index contributed by atoms with van der Waals surface area (Å²) in [5.41, 5.74) is 6.93. The lowest BCUT2D eigenvalue weighted by molar-refractivity contribution is -0.384. The van der Waals surface area contributed by atoms with Crippen molar-refractivity contribution in [3.63, 3.8) is 0 Å². The van der Waals surface area contributed by atoms with Crippen LogP contribution >= 0.6 is 15.9 Å². The molecule has 0 atom stereocenters. The first-order chi connectivity index (χ1) is 8.97. The standard InChI is InChI=1S/C13H11BrN2O3/c1-8-6-10(3-4-11(8)14)19-13-5-2-9(16(17)18)7-12(13)15/h2-7H,15H2,1H3. The van der Waals surface area contributed by atoms with Gasteiger partial charge in [-0.15, -0.1) is 0 Å². The van der Waals surface area contributed by atoms with Gasteiger partial charge in [-0.3, -0.25) is 10.1 Å². The average Bonchev–Trinajstić information content (AvgIpc) is 2.36. The minimum Gasteiger partial charge on any atom is -0.455 e. The fourth-order valence-corrected chi connectivity index (χ4v) is 1.80. The number of nitrogen functional groups attached to an aromatic ring is 1. The number of nitrogens with two attached hydrogens (primary N) is 1. The van der Waals surface area contributed by atoms with E-state index in [0.717, 1.165) is 10.0 Å². The minimum absolute atomic E-state index is 0.0585. The molecule has 0 bridgehead atoms. The molecular formula is C13H11BrN2O3. The molecule has 0 aromatic heterocycles. The smallest absolute Gasteiger partial charge is 0.271 e. The molecule has 0 amide bonds. The van der Waals surface area contributed by atoms with Crippen LogP contribution in [-0.2, 0) is 0 Å². The van der Waals surface area contributed by atoms with Gasteiger partial charge in [0.1, 0.15) is 5.75 Å². The number of benzene rings is 2. The van der Waals surface area contributed by atoms with Crippen LogP contribution < -0.4 is 10.5 Å². The molecule has 0 saturated carbocycles. The zero-order valence-corrected chi connectivity index (χ0v) is 11.7. The number of nitro benzene ring substituents is 1. The van der Waals surface area contributed by atoms with Crippen LogP contribution in [0.25, 0.3) is 0 Å². The summed E-state index contributed by atoms with van der Waals surface area (Å²) in [6.07, 6.45) is 0. The third-order valence-electron chi connectivity index (χ3n) is 2.56. The quantitative estimate of drug-likeness (QED) is 0.525. The van der Waals surface area contributed by atoms with Crippen LogP contribution in [0.1, 0.15) is 5.56 Å². The number of anilines is 1. The molecule has 6 heteroatoms. The Balaban J connectivity index is 2.28. The molecule has 2 N–H and O–H groups in total. The molecule has 2 aromatic rings. The van der Waals surface area contributed by atoms with Gasteiger partial charge in [-0.25, -0.2) is 0 Å². The molecule has 0 radical (unpaired) electrons. The van der Waals surface area contributed by atoms with Crippen LogP contribution in [0.15, 0.2) is 40.9 Å². The van der Waals surface area contributed by atoms with Crippen LogP contribution in [0.2, 0.25) is 0 Å². The van der Waals surface area contributed by atoms with Crippen molar-refractivity contribution in [1.29, 1.82) is 0 Å². The predicted octanol–water partition coefficient (Wildman–Crippen LogP) is 4.04. The highest BCUT2D eigenvalue weighted by Crippen LogP contribution is 2.32. The molecule has 5 nitrogen and oxygen atoms in total. The van der Waals surface area contributed by atoms with Gasteiger partial charge in [0.05, 0.1) is 10.6 Å². The van der Waals surface area contributed by atoms with Gasteiger partial charge in [0.15, 0.2) is 5.75 Å². The molecule has 0 aliphatic rings. The van der Waals surface area contributed by atoms with Gasteiger partial charge < -0.3 is 10.5 Å². The molecule has 2 rings (SSSR count). The van der Waals surface area contributed by atoms with Crippen LogP contribution in [0.5, 0.6) is 11.5 Å². The SMILES string of the molecule is Cc1cc(Oc2ccc([N+](=O)[O-])cc2N)ccc1Br. The Morgan fingerprint density at radius 2 is 2.00 bits per heavy atom. The Morgan fingerprint density at radius 3 is 2.58 bits per heavy atom. The van der Waals surface area contributed by atoms with Crippen molar-refractivity contribution in [3.05, 3.63) is 56.5 Å². The van der Waals surface area contributed by atoms with E-state index >= 15 is 0 Å². The fourth-order valence-electron chi connectivity index (χ4n) is 1.55. The third-order valence-corrected chi connectivity index (χ3v) is 3.45. The maximum atomic E-state index is 10.6. The first kappa shape index (κ1) is 13.4. The third kappa shape index (κ3) is 3.03. The summed E-state index contributed by atoms with van der Waals surface area (Å²) < 4.78 is 6.59. The molecule has 0 aliphatic heterocycles. The lowest BCUT2D eigenvalue weighted by atomic mass is 10.2. The van der Waals surface area contributed by atoms with E-state index in [1.54, 1.807) is 6.07 Å². The number of hydrogen-bond acceptors (Lipinski definition) is 4. The summed E-state index contributed by atoms with van der Waals surface area (Å²) >= 11 is 3.40. The number of ether oxygens (including phenoxy) is 1. The average molecular weight is 323 g/mol. The molecular weight excluding hydrogens is 312 g/mol. The van der Waals surface area contributed by atoms with E-state index in [2.05, 4.69) is 15.9 Å². The van der Waals surface area contributed by atoms with Gasteiger partial charge >= 0.3 is 0 Å². The van der Waals surface area contributed by atoms with E-state index < -0.39 is 4.92 Å². The number of hydrogen-bond donors (Lipinski definition) is 1. The van der Waals surface area contributed by atoms with Crippen molar-refractivity contribution in [2.45, 2.75) is 6.92 Å². The van der Waals surface area contributed by atoms with Gasteiger partial charge in [0, 0.05) is 16.6 Å². The highest BCUT2D eigenvalue weighted by Gasteiger charge is 2.10. The second-order valence-corrected chi connectivity index (χ2v) is 4.85. The van der Waals surface area contributed by atoms with E-state index in [1.807, 2.05) is 19.1 Å². The Labute approximate surface area is 118 Å². The summed E-state index contributed by atoms with van der Waals surface area (Å²) in [5.74, 6) is 1.02. The van der Waals surface area contributed by atoms with Gasteiger partial charge in [-0.05, 0) is 36.8 Å². The van der Waals surface area contributed by atoms with Gasteiger partial charge in [0.2, 0.25) is 0 Å². The Bertz CT molecular complexity index is 644.